The van der Waals surface area contributed by atoms with Crippen molar-refractivity contribution in [2.45, 2.75) is 32.1 Å². The fourth-order valence-corrected chi connectivity index (χ4v) is 4.32. The van der Waals surface area contributed by atoms with Crippen molar-refractivity contribution in [3.8, 4) is 0 Å². The maximum atomic E-state index is 13.0. The van der Waals surface area contributed by atoms with Gasteiger partial charge in [-0.1, -0.05) is 12.1 Å². The number of amides is 1. The van der Waals surface area contributed by atoms with Gasteiger partial charge in [0.25, 0.3) is 5.91 Å². The van der Waals surface area contributed by atoms with Gasteiger partial charge < -0.3 is 15.1 Å². The van der Waals surface area contributed by atoms with Crippen LogP contribution in [0.15, 0.2) is 42.6 Å². The molecule has 5 heteroatoms. The minimum Gasteiger partial charge on any atom is -0.370 e. The Bertz CT molecular complexity index is 799. The van der Waals surface area contributed by atoms with Crippen LogP contribution < -0.4 is 10.2 Å². The minimum absolute atomic E-state index is 0.154. The van der Waals surface area contributed by atoms with Crippen molar-refractivity contribution in [1.82, 2.24) is 15.2 Å². The third-order valence-corrected chi connectivity index (χ3v) is 5.95. The van der Waals surface area contributed by atoms with E-state index >= 15 is 0 Å². The van der Waals surface area contributed by atoms with Gasteiger partial charge in [0.15, 0.2) is 0 Å². The van der Waals surface area contributed by atoms with Crippen molar-refractivity contribution in [3.63, 3.8) is 0 Å². The van der Waals surface area contributed by atoms with Crippen LogP contribution in [0.3, 0.4) is 0 Å². The van der Waals surface area contributed by atoms with Gasteiger partial charge in [0, 0.05) is 55.9 Å². The van der Waals surface area contributed by atoms with Crippen LogP contribution >= 0.6 is 0 Å². The first-order valence-electron chi connectivity index (χ1n) is 10.5. The second kappa shape index (κ2) is 8.74. The van der Waals surface area contributed by atoms with E-state index in [0.717, 1.165) is 56.9 Å². The van der Waals surface area contributed by atoms with Crippen molar-refractivity contribution in [2.75, 3.05) is 44.2 Å². The number of nitrogens with zero attached hydrogens (tertiary/aromatic N) is 3. The van der Waals surface area contributed by atoms with Gasteiger partial charge in [0.1, 0.15) is 0 Å². The van der Waals surface area contributed by atoms with E-state index in [4.69, 9.17) is 0 Å². The van der Waals surface area contributed by atoms with Crippen molar-refractivity contribution < 1.29 is 4.79 Å². The van der Waals surface area contributed by atoms with Gasteiger partial charge in [-0.3, -0.25) is 9.78 Å². The second-order valence-corrected chi connectivity index (χ2v) is 7.95. The molecule has 2 saturated heterocycles. The Balaban J connectivity index is 1.39. The predicted molar refractivity (Wildman–Crippen MR) is 113 cm³/mol. The van der Waals surface area contributed by atoms with Crippen LogP contribution in [-0.4, -0.2) is 55.1 Å². The van der Waals surface area contributed by atoms with Gasteiger partial charge in [0.2, 0.25) is 0 Å². The van der Waals surface area contributed by atoms with Crippen LogP contribution in [0.25, 0.3) is 0 Å². The summed E-state index contributed by atoms with van der Waals surface area (Å²) < 4.78 is 0. The molecule has 3 heterocycles. The number of benzene rings is 1. The SMILES string of the molecule is Cc1cc(N2CCCN(C(=O)c3ccc([C@H]4CCCNC4)cc3)CC2)ccn1. The maximum Gasteiger partial charge on any atom is 0.253 e. The Labute approximate surface area is 167 Å². The molecule has 2 aliphatic rings. The Morgan fingerprint density at radius 3 is 2.68 bits per heavy atom. The lowest BCUT2D eigenvalue weighted by atomic mass is 9.91. The van der Waals surface area contributed by atoms with E-state index in [0.29, 0.717) is 5.92 Å². The topological polar surface area (TPSA) is 48.5 Å². The van der Waals surface area contributed by atoms with Crippen LogP contribution in [0.2, 0.25) is 0 Å². The molecule has 1 N–H and O–H groups in total. The summed E-state index contributed by atoms with van der Waals surface area (Å²) in [5.41, 5.74) is 4.38. The van der Waals surface area contributed by atoms with Crippen LogP contribution in [0, 0.1) is 6.92 Å². The third kappa shape index (κ3) is 4.36. The van der Waals surface area contributed by atoms with Gasteiger partial charge >= 0.3 is 0 Å². The predicted octanol–water partition coefficient (Wildman–Crippen LogP) is 3.21. The molecule has 2 aliphatic heterocycles. The van der Waals surface area contributed by atoms with E-state index in [9.17, 15) is 4.79 Å². The molecule has 0 radical (unpaired) electrons. The van der Waals surface area contributed by atoms with Crippen LogP contribution in [0.1, 0.15) is 46.8 Å². The average molecular weight is 379 g/mol. The number of anilines is 1. The molecule has 0 unspecified atom stereocenters. The van der Waals surface area contributed by atoms with E-state index < -0.39 is 0 Å². The Morgan fingerprint density at radius 1 is 1.07 bits per heavy atom. The van der Waals surface area contributed by atoms with Gasteiger partial charge in [0.05, 0.1) is 0 Å². The molecular formula is C23H30N4O. The van der Waals surface area contributed by atoms with Crippen LogP contribution in [0.5, 0.6) is 0 Å². The van der Waals surface area contributed by atoms with Crippen LogP contribution in [-0.2, 0) is 0 Å². The molecule has 0 bridgehead atoms. The fourth-order valence-electron chi connectivity index (χ4n) is 4.32. The number of hydrogen-bond donors (Lipinski definition) is 1. The van der Waals surface area contributed by atoms with E-state index in [1.165, 1.54) is 24.1 Å². The Kier molecular flexibility index (Phi) is 5.91. The molecule has 4 rings (SSSR count). The Hall–Kier alpha value is -2.40. The molecule has 1 amide bonds. The lowest BCUT2D eigenvalue weighted by Crippen LogP contribution is -2.35. The lowest BCUT2D eigenvalue weighted by molar-refractivity contribution is 0.0767. The second-order valence-electron chi connectivity index (χ2n) is 7.95. The highest BCUT2D eigenvalue weighted by atomic mass is 16.2. The molecule has 2 aromatic rings. The standard InChI is InChI=1S/C23H30N4O/c1-18-16-22(9-11-25-18)26-12-3-13-27(15-14-26)23(28)20-7-5-19(6-8-20)21-4-2-10-24-17-21/h5-9,11,16,21,24H,2-4,10,12-15,17H2,1H3/t21-/m0/s1. The number of piperidine rings is 1. The maximum absolute atomic E-state index is 13.0. The van der Waals surface area contributed by atoms with Crippen LogP contribution in [0.4, 0.5) is 5.69 Å². The first-order chi connectivity index (χ1) is 13.7. The van der Waals surface area contributed by atoms with E-state index in [-0.39, 0.29) is 5.91 Å². The molecule has 1 aromatic heterocycles. The molecular weight excluding hydrogens is 348 g/mol. The summed E-state index contributed by atoms with van der Waals surface area (Å²) in [6.45, 7) is 7.59. The first-order valence-corrected chi connectivity index (χ1v) is 10.5. The summed E-state index contributed by atoms with van der Waals surface area (Å²) in [5, 5.41) is 3.47. The van der Waals surface area contributed by atoms with Crippen molar-refractivity contribution >= 4 is 11.6 Å². The summed E-state index contributed by atoms with van der Waals surface area (Å²) in [5.74, 6) is 0.731. The Morgan fingerprint density at radius 2 is 1.93 bits per heavy atom. The minimum atomic E-state index is 0.154. The van der Waals surface area contributed by atoms with E-state index in [2.05, 4.69) is 39.5 Å². The summed E-state index contributed by atoms with van der Waals surface area (Å²) >= 11 is 0. The molecule has 5 nitrogen and oxygen atoms in total. The largest absolute Gasteiger partial charge is 0.370 e. The van der Waals surface area contributed by atoms with E-state index in [1.807, 2.05) is 30.2 Å². The van der Waals surface area contributed by atoms with Gasteiger partial charge in [-0.05, 0) is 68.5 Å². The molecule has 1 aromatic carbocycles. The average Bonchev–Trinajstić information content (AvgIpc) is 3.00. The normalized spacial score (nSPS) is 20.7. The van der Waals surface area contributed by atoms with Crippen molar-refractivity contribution in [2.24, 2.45) is 0 Å². The molecule has 28 heavy (non-hydrogen) atoms. The molecule has 148 valence electrons. The highest BCUT2D eigenvalue weighted by Crippen LogP contribution is 2.24. The highest BCUT2D eigenvalue weighted by molar-refractivity contribution is 5.94. The number of pyridine rings is 1. The number of aromatic nitrogens is 1. The summed E-state index contributed by atoms with van der Waals surface area (Å²) in [4.78, 5) is 21.7. The zero-order valence-electron chi connectivity index (χ0n) is 16.7. The van der Waals surface area contributed by atoms with Gasteiger partial charge in [-0.25, -0.2) is 0 Å². The fraction of sp³-hybridized carbons (Fsp3) is 0.478. The van der Waals surface area contributed by atoms with Crippen molar-refractivity contribution in [3.05, 3.63) is 59.4 Å². The smallest absolute Gasteiger partial charge is 0.253 e. The summed E-state index contributed by atoms with van der Waals surface area (Å²) in [6, 6.07) is 12.5. The summed E-state index contributed by atoms with van der Waals surface area (Å²) in [6.07, 6.45) is 5.31. The number of rotatable bonds is 3. The van der Waals surface area contributed by atoms with Gasteiger partial charge in [-0.15, -0.1) is 0 Å². The zero-order valence-corrected chi connectivity index (χ0v) is 16.7. The molecule has 0 aliphatic carbocycles. The number of aryl methyl sites for hydroxylation is 1. The van der Waals surface area contributed by atoms with Crippen molar-refractivity contribution in [1.29, 1.82) is 0 Å². The monoisotopic (exact) mass is 378 g/mol. The first kappa shape index (κ1) is 18.9. The lowest BCUT2D eigenvalue weighted by Gasteiger charge is -2.25. The molecule has 0 spiro atoms. The number of hydrogen-bond acceptors (Lipinski definition) is 4. The zero-order chi connectivity index (χ0) is 19.3. The van der Waals surface area contributed by atoms with Gasteiger partial charge in [-0.2, -0.15) is 0 Å². The number of nitrogens with one attached hydrogen (secondary N) is 1. The third-order valence-electron chi connectivity index (χ3n) is 5.95. The number of carbonyl (C=O) groups is 1. The summed E-state index contributed by atoms with van der Waals surface area (Å²) in [7, 11) is 0. The quantitative estimate of drug-likeness (QED) is 0.891. The molecule has 0 saturated carbocycles. The number of carbonyl (C=O) groups excluding carboxylic acids is 1. The highest BCUT2D eigenvalue weighted by Gasteiger charge is 2.21. The molecule has 2 fully saturated rings. The van der Waals surface area contributed by atoms with E-state index in [1.54, 1.807) is 0 Å². The molecule has 1 atom stereocenters.